The van der Waals surface area contributed by atoms with E-state index in [-0.39, 0.29) is 24.0 Å². The number of aromatic nitrogens is 2. The molecule has 1 unspecified atom stereocenters. The van der Waals surface area contributed by atoms with E-state index in [2.05, 4.69) is 15.3 Å². The molecule has 0 radical (unpaired) electrons. The van der Waals surface area contributed by atoms with Gasteiger partial charge >= 0.3 is 19.8 Å². The zero-order valence-electron chi connectivity index (χ0n) is 20.1. The molecule has 0 aliphatic carbocycles. The number of carbonyl (C=O) groups is 1. The van der Waals surface area contributed by atoms with Crippen LogP contribution in [0, 0.1) is 11.6 Å². The number of carbonyl (C=O) groups excluding carboxylic acids is 1. The molecule has 0 saturated carbocycles. The number of nitrogens with two attached hydrogens (primary N) is 1. The second-order valence-corrected chi connectivity index (χ2v) is 10.4. The minimum absolute atomic E-state index is 0.00206. The number of nitrogen functional groups attached to an aromatic ring is 1. The monoisotopic (exact) mass is 559 g/mol. The maximum absolute atomic E-state index is 13.8. The summed E-state index contributed by atoms with van der Waals surface area (Å²) in [6.07, 6.45) is 0.844. The van der Waals surface area contributed by atoms with Crippen LogP contribution in [0.5, 0.6) is 11.5 Å². The summed E-state index contributed by atoms with van der Waals surface area (Å²) in [5.74, 6) is -2.88. The minimum atomic E-state index is -2.72. The van der Waals surface area contributed by atoms with E-state index in [0.29, 0.717) is 0 Å². The summed E-state index contributed by atoms with van der Waals surface area (Å²) in [4.78, 5) is 43.2. The van der Waals surface area contributed by atoms with Gasteiger partial charge in [-0.2, -0.15) is 10.4 Å². The number of rotatable bonds is 9. The Bertz CT molecular complexity index is 1280. The van der Waals surface area contributed by atoms with E-state index in [1.165, 1.54) is 18.4 Å². The normalized spacial score (nSPS) is 16.6. The molecule has 12 nitrogen and oxygen atoms in total. The summed E-state index contributed by atoms with van der Waals surface area (Å²) < 4.78 is 49.9. The van der Waals surface area contributed by atoms with Crippen LogP contribution in [0.25, 0.3) is 5.88 Å². The number of halogens is 2. The zero-order chi connectivity index (χ0) is 27.3. The van der Waals surface area contributed by atoms with Crippen LogP contribution in [0.2, 0.25) is 0 Å². The zero-order valence-corrected chi connectivity index (χ0v) is 21.8. The van der Waals surface area contributed by atoms with Crippen molar-refractivity contribution in [3.8, 4) is 11.5 Å². The Labute approximate surface area is 215 Å². The van der Waals surface area contributed by atoms with E-state index in [9.17, 15) is 23.3 Å². The largest absolute Gasteiger partial charge is 0.574 e. The third-order valence-electron chi connectivity index (χ3n) is 4.27. The van der Waals surface area contributed by atoms with E-state index in [4.69, 9.17) is 24.5 Å². The highest BCUT2D eigenvalue weighted by Crippen LogP contribution is 2.35. The van der Waals surface area contributed by atoms with E-state index >= 15 is 0 Å². The first-order valence-corrected chi connectivity index (χ1v) is 12.7. The smallest absolute Gasteiger partial charge is 0.412 e. The molecule has 0 saturated heterocycles. The van der Waals surface area contributed by atoms with Gasteiger partial charge in [-0.3, -0.25) is 9.32 Å². The fourth-order valence-electron chi connectivity index (χ4n) is 2.62. The Morgan fingerprint density at radius 1 is 1.41 bits per heavy atom. The van der Waals surface area contributed by atoms with E-state index in [1.54, 1.807) is 20.8 Å². The van der Waals surface area contributed by atoms with Gasteiger partial charge in [0.2, 0.25) is 11.6 Å². The Morgan fingerprint density at radius 3 is 2.84 bits per heavy atom. The van der Waals surface area contributed by atoms with Crippen LogP contribution in [0.4, 0.5) is 14.6 Å². The Morgan fingerprint density at radius 2 is 2.14 bits per heavy atom. The molecule has 0 spiro atoms. The summed E-state index contributed by atoms with van der Waals surface area (Å²) in [6.45, 7) is 6.42. The van der Waals surface area contributed by atoms with Crippen molar-refractivity contribution >= 4 is 37.6 Å². The summed E-state index contributed by atoms with van der Waals surface area (Å²) >= 11 is 1.11. The number of anilines is 1. The van der Waals surface area contributed by atoms with Crippen LogP contribution < -0.4 is 31.0 Å². The highest BCUT2D eigenvalue weighted by atomic mass is 32.2. The average molecular weight is 559 g/mol. The quantitative estimate of drug-likeness (QED) is 0.264. The average Bonchev–Trinajstić information content (AvgIpc) is 3.27. The standard InChI is InChI=1S/C21H24F2N5O7PS/c1-11(19(29)34-21(2,3)4)26-27-36(31)35-14-6-5-12(22)7-15(14)32-9-17-33-16(10-37-17)28-8-13(23)18(24)25-20(28)30/h5-8,10-11,17,26H,9H2,1-4H3,(H2,24,25,30)/t11-,17-/m0/s1. The minimum Gasteiger partial charge on any atom is -0.574 e. The molecule has 2 heterocycles. The van der Waals surface area contributed by atoms with Crippen molar-refractivity contribution in [3.05, 3.63) is 51.9 Å². The molecule has 200 valence electrons. The molecule has 0 fully saturated rings. The number of thioether (sulfide) groups is 1. The third kappa shape index (κ3) is 8.12. The van der Waals surface area contributed by atoms with Gasteiger partial charge in [0.1, 0.15) is 24.1 Å². The van der Waals surface area contributed by atoms with Crippen LogP contribution in [0.1, 0.15) is 27.7 Å². The summed E-state index contributed by atoms with van der Waals surface area (Å²) in [5, 5.41) is 1.45. The lowest BCUT2D eigenvalue weighted by molar-refractivity contribution is -0.169. The van der Waals surface area contributed by atoms with Gasteiger partial charge in [-0.1, -0.05) is 11.8 Å². The van der Waals surface area contributed by atoms with Gasteiger partial charge in [-0.15, -0.1) is 0 Å². The van der Waals surface area contributed by atoms with Crippen LogP contribution in [0.3, 0.4) is 0 Å². The van der Waals surface area contributed by atoms with Gasteiger partial charge in [0.05, 0.1) is 6.20 Å². The predicted molar refractivity (Wildman–Crippen MR) is 130 cm³/mol. The molecule has 3 rings (SSSR count). The Balaban J connectivity index is 1.60. The fraction of sp³-hybridized carbons (Fsp3) is 0.381. The second-order valence-electron chi connectivity index (χ2n) is 8.48. The number of ether oxygens (including phenoxy) is 3. The molecule has 0 amide bonds. The first-order valence-electron chi connectivity index (χ1n) is 10.7. The van der Waals surface area contributed by atoms with Crippen LogP contribution in [0.15, 0.2) is 39.5 Å². The first kappa shape index (κ1) is 28.3. The van der Waals surface area contributed by atoms with Crippen molar-refractivity contribution in [2.24, 2.45) is 4.85 Å². The van der Waals surface area contributed by atoms with Crippen molar-refractivity contribution in [3.63, 3.8) is 0 Å². The number of nitrogens with one attached hydrogen (secondary N) is 1. The third-order valence-corrected chi connectivity index (χ3v) is 5.78. The molecule has 3 N–H and O–H groups in total. The van der Waals surface area contributed by atoms with Crippen molar-refractivity contribution in [1.29, 1.82) is 0 Å². The first-order chi connectivity index (χ1) is 17.3. The maximum atomic E-state index is 13.8. The SMILES string of the molecule is C[C@H](N/N=[P+](\[O-])Oc1ccc(F)cc1OC[C@H]1OC(n2cc(F)c(N)nc2=O)=CS1)C(=O)OC(C)(C)C. The number of benzene rings is 1. The molecular weight excluding hydrogens is 535 g/mol. The Hall–Kier alpha value is -3.26. The molecule has 1 aromatic carbocycles. The molecule has 2 aromatic rings. The van der Waals surface area contributed by atoms with Crippen molar-refractivity contribution in [2.45, 2.75) is 44.8 Å². The highest BCUT2D eigenvalue weighted by molar-refractivity contribution is 8.03. The van der Waals surface area contributed by atoms with Gasteiger partial charge < -0.3 is 24.8 Å². The number of esters is 1. The van der Waals surface area contributed by atoms with E-state index in [0.717, 1.165) is 34.7 Å². The summed E-state index contributed by atoms with van der Waals surface area (Å²) in [6, 6.07) is 2.37. The predicted octanol–water partition coefficient (Wildman–Crippen LogP) is 2.50. The maximum Gasteiger partial charge on any atom is 0.412 e. The molecule has 1 aliphatic heterocycles. The number of hydrogen-bond donors (Lipinski definition) is 2. The molecule has 37 heavy (non-hydrogen) atoms. The van der Waals surface area contributed by atoms with Crippen LogP contribution >= 0.6 is 19.9 Å². The lowest BCUT2D eigenvalue weighted by Crippen LogP contribution is -2.36. The molecule has 3 atom stereocenters. The lowest BCUT2D eigenvalue weighted by Gasteiger charge is -2.21. The van der Waals surface area contributed by atoms with E-state index < -0.39 is 54.4 Å². The molecule has 0 bridgehead atoms. The second kappa shape index (κ2) is 11.9. The molecular formula is C21H24F2N5O7PS. The topological polar surface area (TPSA) is 162 Å². The fourth-order valence-corrected chi connectivity index (χ4v) is 3.99. The van der Waals surface area contributed by atoms with Gasteiger partial charge in [0.25, 0.3) is 0 Å². The van der Waals surface area contributed by atoms with E-state index in [1.807, 2.05) is 0 Å². The number of nitrogens with zero attached hydrogens (tertiary/aromatic N) is 3. The summed E-state index contributed by atoms with van der Waals surface area (Å²) in [7, 11) is -2.72. The van der Waals surface area contributed by atoms with Crippen LogP contribution in [-0.2, 0) is 14.3 Å². The molecule has 16 heteroatoms. The summed E-state index contributed by atoms with van der Waals surface area (Å²) in [5.41, 5.74) is 5.43. The molecule has 1 aromatic heterocycles. The Kier molecular flexibility index (Phi) is 9.07. The van der Waals surface area contributed by atoms with Gasteiger partial charge in [-0.05, 0) is 39.8 Å². The molecule has 1 aliphatic rings. The lowest BCUT2D eigenvalue weighted by atomic mass is 10.2. The highest BCUT2D eigenvalue weighted by Gasteiger charge is 2.25. The van der Waals surface area contributed by atoms with Crippen molar-refractivity contribution in [2.75, 3.05) is 12.3 Å². The van der Waals surface area contributed by atoms with Gasteiger partial charge in [0.15, 0.2) is 22.8 Å². The van der Waals surface area contributed by atoms with Gasteiger partial charge in [0, 0.05) is 16.3 Å². The van der Waals surface area contributed by atoms with Crippen molar-refractivity contribution < 1.29 is 37.2 Å². The van der Waals surface area contributed by atoms with Crippen molar-refractivity contribution in [1.82, 2.24) is 15.0 Å². The van der Waals surface area contributed by atoms with Gasteiger partial charge in [-0.25, -0.2) is 18.1 Å². The number of hydrogen-bond acceptors (Lipinski definition) is 11. The van der Waals surface area contributed by atoms with Crippen LogP contribution in [-0.4, -0.2) is 39.2 Å².